The number of nitrogens with one attached hydrogen (secondary N) is 1. The first kappa shape index (κ1) is 14.7. The van der Waals surface area contributed by atoms with Gasteiger partial charge in [-0.3, -0.25) is 10.3 Å². The van der Waals surface area contributed by atoms with Crippen molar-refractivity contribution in [3.63, 3.8) is 0 Å². The van der Waals surface area contributed by atoms with Gasteiger partial charge in [-0.15, -0.1) is 0 Å². The highest BCUT2D eigenvalue weighted by atomic mass is 16.5. The molecule has 1 aromatic heterocycles. The Morgan fingerprint density at radius 3 is 2.63 bits per heavy atom. The van der Waals surface area contributed by atoms with Gasteiger partial charge in [-0.2, -0.15) is 0 Å². The van der Waals surface area contributed by atoms with Gasteiger partial charge in [0.2, 0.25) is 0 Å². The topological polar surface area (TPSA) is 77.5 Å². The minimum absolute atomic E-state index is 0.140. The van der Waals surface area contributed by atoms with Crippen LogP contribution in [-0.4, -0.2) is 23.7 Å². The summed E-state index contributed by atoms with van der Waals surface area (Å²) in [6.45, 7) is 3.71. The molecule has 1 amide bonds. The first-order valence-corrected chi connectivity index (χ1v) is 5.79. The second kappa shape index (κ2) is 7.86. The number of nitrogens with zero attached hydrogens (tertiary/aromatic N) is 1. The lowest BCUT2D eigenvalue weighted by Gasteiger charge is -2.07. The third kappa shape index (κ3) is 6.21. The second-order valence-corrected chi connectivity index (χ2v) is 3.64. The number of pyridine rings is 1. The standard InChI is InChI=1S/C13H16N2O4/c1-3-18-12(16)8-10(2)15-13(17)19-9-11-4-6-14-7-5-11/h4-8H,3,9H2,1-2H3,(H,15,17). The van der Waals surface area contributed by atoms with E-state index in [2.05, 4.69) is 10.3 Å². The van der Waals surface area contributed by atoms with Crippen LogP contribution in [0.2, 0.25) is 0 Å². The van der Waals surface area contributed by atoms with Crippen molar-refractivity contribution in [2.45, 2.75) is 20.5 Å². The number of rotatable bonds is 5. The van der Waals surface area contributed by atoms with Crippen LogP contribution < -0.4 is 5.32 Å². The van der Waals surface area contributed by atoms with Crippen molar-refractivity contribution >= 4 is 12.1 Å². The normalized spacial score (nSPS) is 10.7. The molecule has 0 atom stereocenters. The van der Waals surface area contributed by atoms with E-state index in [0.717, 1.165) is 5.56 Å². The summed E-state index contributed by atoms with van der Waals surface area (Å²) in [6, 6.07) is 3.49. The minimum atomic E-state index is -0.630. The molecule has 0 saturated heterocycles. The van der Waals surface area contributed by atoms with Crippen molar-refractivity contribution < 1.29 is 19.1 Å². The molecule has 1 aromatic rings. The number of carbonyl (C=O) groups excluding carboxylic acids is 2. The van der Waals surface area contributed by atoms with Gasteiger partial charge in [0.15, 0.2) is 0 Å². The largest absolute Gasteiger partial charge is 0.463 e. The number of amides is 1. The lowest BCUT2D eigenvalue weighted by atomic mass is 10.3. The summed E-state index contributed by atoms with van der Waals surface area (Å²) in [7, 11) is 0. The van der Waals surface area contributed by atoms with Crippen LogP contribution in [0.15, 0.2) is 36.3 Å². The van der Waals surface area contributed by atoms with Gasteiger partial charge in [-0.25, -0.2) is 9.59 Å². The van der Waals surface area contributed by atoms with E-state index in [1.54, 1.807) is 38.4 Å². The summed E-state index contributed by atoms with van der Waals surface area (Å²) in [5.74, 6) is -0.505. The Hall–Kier alpha value is -2.37. The molecule has 0 aliphatic rings. The Kier molecular flexibility index (Phi) is 6.08. The van der Waals surface area contributed by atoms with Crippen LogP contribution in [0.1, 0.15) is 19.4 Å². The smallest absolute Gasteiger partial charge is 0.411 e. The van der Waals surface area contributed by atoms with E-state index < -0.39 is 12.1 Å². The van der Waals surface area contributed by atoms with Crippen molar-refractivity contribution in [2.24, 2.45) is 0 Å². The van der Waals surface area contributed by atoms with E-state index in [1.165, 1.54) is 6.08 Å². The number of ether oxygens (including phenoxy) is 2. The van der Waals surface area contributed by atoms with Crippen molar-refractivity contribution in [1.82, 2.24) is 10.3 Å². The molecular weight excluding hydrogens is 248 g/mol. The lowest BCUT2D eigenvalue weighted by molar-refractivity contribution is -0.137. The maximum absolute atomic E-state index is 11.4. The molecule has 19 heavy (non-hydrogen) atoms. The van der Waals surface area contributed by atoms with Gasteiger partial charge in [-0.1, -0.05) is 0 Å². The second-order valence-electron chi connectivity index (χ2n) is 3.64. The molecular formula is C13H16N2O4. The Morgan fingerprint density at radius 1 is 1.32 bits per heavy atom. The van der Waals surface area contributed by atoms with E-state index in [0.29, 0.717) is 5.70 Å². The highest BCUT2D eigenvalue weighted by Crippen LogP contribution is 1.99. The zero-order chi connectivity index (χ0) is 14.1. The highest BCUT2D eigenvalue weighted by Gasteiger charge is 2.05. The van der Waals surface area contributed by atoms with Crippen LogP contribution >= 0.6 is 0 Å². The van der Waals surface area contributed by atoms with E-state index in [-0.39, 0.29) is 13.2 Å². The Morgan fingerprint density at radius 2 is 2.00 bits per heavy atom. The predicted octanol–water partition coefficient (Wildman–Crippen LogP) is 1.77. The van der Waals surface area contributed by atoms with E-state index in [1.807, 2.05) is 0 Å². The number of alkyl carbamates (subject to hydrolysis) is 1. The van der Waals surface area contributed by atoms with Crippen LogP contribution in [0.3, 0.4) is 0 Å². The fourth-order valence-electron chi connectivity index (χ4n) is 1.22. The molecule has 0 fully saturated rings. The van der Waals surface area contributed by atoms with Gasteiger partial charge in [0, 0.05) is 24.2 Å². The molecule has 0 bridgehead atoms. The van der Waals surface area contributed by atoms with Crippen LogP contribution in [0.5, 0.6) is 0 Å². The number of carbonyl (C=O) groups is 2. The SMILES string of the molecule is CCOC(=O)C=C(C)NC(=O)OCc1ccncc1. The van der Waals surface area contributed by atoms with Gasteiger partial charge in [0.25, 0.3) is 0 Å². The molecule has 0 aliphatic carbocycles. The van der Waals surface area contributed by atoms with E-state index >= 15 is 0 Å². The molecule has 1 rings (SSSR count). The molecule has 6 nitrogen and oxygen atoms in total. The molecule has 0 aromatic carbocycles. The van der Waals surface area contributed by atoms with Crippen molar-refractivity contribution in [1.29, 1.82) is 0 Å². The molecule has 6 heteroatoms. The molecule has 1 heterocycles. The van der Waals surface area contributed by atoms with Gasteiger partial charge in [-0.05, 0) is 31.5 Å². The van der Waals surface area contributed by atoms with Gasteiger partial charge in [0.1, 0.15) is 6.61 Å². The molecule has 0 saturated carbocycles. The van der Waals surface area contributed by atoms with Gasteiger partial charge < -0.3 is 9.47 Å². The maximum Gasteiger partial charge on any atom is 0.411 e. The summed E-state index contributed by atoms with van der Waals surface area (Å²) < 4.78 is 9.68. The zero-order valence-corrected chi connectivity index (χ0v) is 10.9. The predicted molar refractivity (Wildman–Crippen MR) is 67.9 cm³/mol. The van der Waals surface area contributed by atoms with Crippen LogP contribution in [-0.2, 0) is 20.9 Å². The average Bonchev–Trinajstić information content (AvgIpc) is 2.37. The maximum atomic E-state index is 11.4. The highest BCUT2D eigenvalue weighted by molar-refractivity contribution is 5.83. The fraction of sp³-hybridized carbons (Fsp3) is 0.308. The summed E-state index contributed by atoms with van der Waals surface area (Å²) in [5, 5.41) is 2.42. The average molecular weight is 264 g/mol. The number of hydrogen-bond donors (Lipinski definition) is 1. The van der Waals surface area contributed by atoms with Crippen molar-refractivity contribution in [3.8, 4) is 0 Å². The van der Waals surface area contributed by atoms with Crippen molar-refractivity contribution in [2.75, 3.05) is 6.61 Å². The molecule has 0 radical (unpaired) electrons. The number of aromatic nitrogens is 1. The van der Waals surface area contributed by atoms with Crippen LogP contribution in [0, 0.1) is 0 Å². The first-order chi connectivity index (χ1) is 9.11. The minimum Gasteiger partial charge on any atom is -0.463 e. The summed E-state index contributed by atoms with van der Waals surface area (Å²) in [5.41, 5.74) is 1.19. The molecule has 102 valence electrons. The van der Waals surface area contributed by atoms with Crippen molar-refractivity contribution in [3.05, 3.63) is 41.9 Å². The molecule has 0 unspecified atom stereocenters. The fourth-order valence-corrected chi connectivity index (χ4v) is 1.22. The number of esters is 1. The number of allylic oxidation sites excluding steroid dienone is 1. The molecule has 0 aliphatic heterocycles. The van der Waals surface area contributed by atoms with Gasteiger partial charge in [0.05, 0.1) is 6.61 Å². The number of hydrogen-bond acceptors (Lipinski definition) is 5. The summed E-state index contributed by atoms with van der Waals surface area (Å²) in [4.78, 5) is 26.4. The molecule has 0 spiro atoms. The van der Waals surface area contributed by atoms with Crippen LogP contribution in [0.25, 0.3) is 0 Å². The third-order valence-electron chi connectivity index (χ3n) is 2.04. The summed E-state index contributed by atoms with van der Waals surface area (Å²) >= 11 is 0. The third-order valence-corrected chi connectivity index (χ3v) is 2.04. The molecule has 1 N–H and O–H groups in total. The van der Waals surface area contributed by atoms with Gasteiger partial charge >= 0.3 is 12.1 Å². The summed E-state index contributed by atoms with van der Waals surface area (Å²) in [6.07, 6.45) is 3.79. The monoisotopic (exact) mass is 264 g/mol. The lowest BCUT2D eigenvalue weighted by Crippen LogP contribution is -2.23. The Balaban J connectivity index is 2.37. The Bertz CT molecular complexity index is 457. The van der Waals surface area contributed by atoms with Crippen LogP contribution in [0.4, 0.5) is 4.79 Å². The van der Waals surface area contributed by atoms with E-state index in [4.69, 9.17) is 9.47 Å². The Labute approximate surface area is 111 Å². The quantitative estimate of drug-likeness (QED) is 0.648. The van der Waals surface area contributed by atoms with E-state index in [9.17, 15) is 9.59 Å². The zero-order valence-electron chi connectivity index (χ0n) is 10.9. The first-order valence-electron chi connectivity index (χ1n) is 5.79.